The molecule has 1 atom stereocenters. The summed E-state index contributed by atoms with van der Waals surface area (Å²) in [5.41, 5.74) is 0.859. The van der Waals surface area contributed by atoms with Crippen LogP contribution in [0.25, 0.3) is 0 Å². The molecule has 0 radical (unpaired) electrons. The third kappa shape index (κ3) is 7.51. The van der Waals surface area contributed by atoms with E-state index in [0.29, 0.717) is 18.4 Å². The van der Waals surface area contributed by atoms with Crippen LogP contribution in [0.3, 0.4) is 0 Å². The first-order valence-corrected chi connectivity index (χ1v) is 13.1. The average Bonchev–Trinajstić information content (AvgIpc) is 2.90. The largest absolute Gasteiger partial charge is 0.345 e. The van der Waals surface area contributed by atoms with E-state index < -0.39 is 22.0 Å². The van der Waals surface area contributed by atoms with E-state index in [-0.39, 0.29) is 34.4 Å². The van der Waals surface area contributed by atoms with Gasteiger partial charge in [0.1, 0.15) is 0 Å². The number of anilines is 1. The maximum Gasteiger partial charge on any atom is 0.261 e. The molecule has 0 saturated heterocycles. The molecule has 0 aromatic heterocycles. The fourth-order valence-corrected chi connectivity index (χ4v) is 4.55. The van der Waals surface area contributed by atoms with Gasteiger partial charge in [-0.15, -0.1) is 0 Å². The molecular formula is C27H29N3O5S. The van der Waals surface area contributed by atoms with Gasteiger partial charge in [-0.2, -0.15) is 0 Å². The fourth-order valence-electron chi connectivity index (χ4n) is 3.48. The molecule has 0 aliphatic rings. The Morgan fingerprint density at radius 2 is 1.44 bits per heavy atom. The first-order chi connectivity index (χ1) is 17.3. The van der Waals surface area contributed by atoms with Gasteiger partial charge in [-0.25, -0.2) is 8.42 Å². The minimum Gasteiger partial charge on any atom is -0.345 e. The molecule has 36 heavy (non-hydrogen) atoms. The van der Waals surface area contributed by atoms with Crippen molar-refractivity contribution in [1.82, 2.24) is 10.6 Å². The van der Waals surface area contributed by atoms with Crippen molar-refractivity contribution < 1.29 is 22.8 Å². The minimum atomic E-state index is -3.82. The molecule has 8 nitrogen and oxygen atoms in total. The molecule has 0 saturated carbocycles. The number of sulfonamides is 1. The average molecular weight is 508 g/mol. The lowest BCUT2D eigenvalue weighted by molar-refractivity contribution is -0.120. The van der Waals surface area contributed by atoms with Gasteiger partial charge in [0.15, 0.2) is 5.78 Å². The Morgan fingerprint density at radius 3 is 2.11 bits per heavy atom. The molecule has 0 aliphatic carbocycles. The van der Waals surface area contributed by atoms with E-state index in [1.807, 2.05) is 6.92 Å². The highest BCUT2D eigenvalue weighted by Crippen LogP contribution is 2.17. The third-order valence-electron chi connectivity index (χ3n) is 5.43. The first kappa shape index (κ1) is 26.6. The van der Waals surface area contributed by atoms with Crippen LogP contribution in [-0.2, 0) is 14.8 Å². The van der Waals surface area contributed by atoms with Crippen molar-refractivity contribution in [2.75, 3.05) is 11.3 Å². The summed E-state index contributed by atoms with van der Waals surface area (Å²) in [6, 6.07) is 21.7. The van der Waals surface area contributed by atoms with Crippen LogP contribution in [-0.4, -0.2) is 38.6 Å². The van der Waals surface area contributed by atoms with Gasteiger partial charge >= 0.3 is 0 Å². The van der Waals surface area contributed by atoms with Crippen LogP contribution >= 0.6 is 0 Å². The van der Waals surface area contributed by atoms with Gasteiger partial charge in [-0.1, -0.05) is 62.2 Å². The summed E-state index contributed by atoms with van der Waals surface area (Å²) in [6.45, 7) is 1.75. The van der Waals surface area contributed by atoms with Crippen molar-refractivity contribution in [3.63, 3.8) is 0 Å². The second kappa shape index (κ2) is 12.6. The van der Waals surface area contributed by atoms with Gasteiger partial charge in [-0.05, 0) is 48.9 Å². The monoisotopic (exact) mass is 507 g/mol. The molecule has 188 valence electrons. The zero-order chi connectivity index (χ0) is 26.0. The van der Waals surface area contributed by atoms with Crippen molar-refractivity contribution in [3.8, 4) is 0 Å². The zero-order valence-corrected chi connectivity index (χ0v) is 20.8. The predicted octanol–water partition coefficient (Wildman–Crippen LogP) is 3.78. The number of unbranched alkanes of at least 4 members (excludes halogenated alkanes) is 1. The van der Waals surface area contributed by atoms with E-state index in [1.165, 1.54) is 30.3 Å². The van der Waals surface area contributed by atoms with E-state index in [2.05, 4.69) is 15.4 Å². The molecule has 3 aromatic carbocycles. The second-order valence-corrected chi connectivity index (χ2v) is 9.87. The molecule has 0 heterocycles. The molecule has 3 aromatic rings. The topological polar surface area (TPSA) is 121 Å². The van der Waals surface area contributed by atoms with Gasteiger partial charge in [0.2, 0.25) is 0 Å². The van der Waals surface area contributed by atoms with E-state index >= 15 is 0 Å². The zero-order valence-electron chi connectivity index (χ0n) is 19.9. The Hall–Kier alpha value is -3.98. The summed E-state index contributed by atoms with van der Waals surface area (Å²) in [5.74, 6) is -1.20. The highest BCUT2D eigenvalue weighted by atomic mass is 32.2. The molecule has 3 rings (SSSR count). The SMILES string of the molecule is CCCCC(NC(=O)c1cccc(NS(=O)(=O)c2ccccc2)c1)C(=O)CNC(=O)c1ccccc1. The Balaban J connectivity index is 1.67. The summed E-state index contributed by atoms with van der Waals surface area (Å²) in [5, 5.41) is 5.34. The minimum absolute atomic E-state index is 0.0997. The Labute approximate surface area is 211 Å². The summed E-state index contributed by atoms with van der Waals surface area (Å²) in [7, 11) is -3.82. The lowest BCUT2D eigenvalue weighted by Gasteiger charge is -2.18. The van der Waals surface area contributed by atoms with Crippen molar-refractivity contribution >= 4 is 33.3 Å². The molecule has 9 heteroatoms. The van der Waals surface area contributed by atoms with Crippen molar-refractivity contribution in [2.24, 2.45) is 0 Å². The number of hydrogen-bond donors (Lipinski definition) is 3. The quantitative estimate of drug-likeness (QED) is 0.345. The van der Waals surface area contributed by atoms with Crippen molar-refractivity contribution in [3.05, 3.63) is 96.1 Å². The standard InChI is InChI=1S/C27H29N3O5S/c1-2-3-17-24(25(31)19-28-26(32)20-11-6-4-7-12-20)29-27(33)21-13-10-14-22(18-21)30-36(34,35)23-15-8-5-9-16-23/h4-16,18,24,30H,2-3,17,19H2,1H3,(H,28,32)(H,29,33). The molecule has 2 amide bonds. The number of benzene rings is 3. The normalized spacial score (nSPS) is 11.8. The van der Waals surface area contributed by atoms with E-state index in [9.17, 15) is 22.8 Å². The second-order valence-electron chi connectivity index (χ2n) is 8.18. The summed E-state index contributed by atoms with van der Waals surface area (Å²) >= 11 is 0. The van der Waals surface area contributed by atoms with Gasteiger partial charge in [-0.3, -0.25) is 19.1 Å². The number of carbonyl (C=O) groups is 3. The molecule has 1 unspecified atom stereocenters. The summed E-state index contributed by atoms with van der Waals surface area (Å²) in [6.07, 6.45) is 1.95. The van der Waals surface area contributed by atoms with E-state index in [0.717, 1.165) is 6.42 Å². The number of rotatable bonds is 12. The molecule has 0 spiro atoms. The highest BCUT2D eigenvalue weighted by Gasteiger charge is 2.22. The van der Waals surface area contributed by atoms with Crippen LogP contribution in [0, 0.1) is 0 Å². The predicted molar refractivity (Wildman–Crippen MR) is 138 cm³/mol. The number of ketones is 1. The third-order valence-corrected chi connectivity index (χ3v) is 6.83. The lowest BCUT2D eigenvalue weighted by atomic mass is 10.0. The fraction of sp³-hybridized carbons (Fsp3) is 0.222. The van der Waals surface area contributed by atoms with Crippen LogP contribution in [0.2, 0.25) is 0 Å². The van der Waals surface area contributed by atoms with E-state index in [4.69, 9.17) is 0 Å². The highest BCUT2D eigenvalue weighted by molar-refractivity contribution is 7.92. The maximum atomic E-state index is 12.9. The molecule has 0 fully saturated rings. The van der Waals surface area contributed by atoms with Gasteiger partial charge in [0, 0.05) is 16.8 Å². The maximum absolute atomic E-state index is 12.9. The lowest BCUT2D eigenvalue weighted by Crippen LogP contribution is -2.45. The molecule has 3 N–H and O–H groups in total. The van der Waals surface area contributed by atoms with Crippen LogP contribution in [0.15, 0.2) is 89.8 Å². The number of nitrogens with one attached hydrogen (secondary N) is 3. The number of hydrogen-bond acceptors (Lipinski definition) is 5. The van der Waals surface area contributed by atoms with Crippen LogP contribution in [0.5, 0.6) is 0 Å². The number of Topliss-reactive ketones (excluding diaryl/α,β-unsaturated/α-hetero) is 1. The molecule has 0 aliphatic heterocycles. The van der Waals surface area contributed by atoms with Gasteiger partial charge in [0.25, 0.3) is 21.8 Å². The van der Waals surface area contributed by atoms with Gasteiger partial charge < -0.3 is 10.6 Å². The van der Waals surface area contributed by atoms with E-state index in [1.54, 1.807) is 54.6 Å². The van der Waals surface area contributed by atoms with Crippen molar-refractivity contribution in [2.45, 2.75) is 37.1 Å². The Kier molecular flexibility index (Phi) is 9.35. The molecular weight excluding hydrogens is 478 g/mol. The summed E-state index contributed by atoms with van der Waals surface area (Å²) < 4.78 is 27.7. The smallest absolute Gasteiger partial charge is 0.261 e. The van der Waals surface area contributed by atoms with Crippen LogP contribution < -0.4 is 15.4 Å². The first-order valence-electron chi connectivity index (χ1n) is 11.6. The van der Waals surface area contributed by atoms with Crippen LogP contribution in [0.4, 0.5) is 5.69 Å². The Bertz CT molecular complexity index is 1300. The Morgan fingerprint density at radius 1 is 0.806 bits per heavy atom. The molecule has 0 bridgehead atoms. The number of amides is 2. The number of carbonyl (C=O) groups excluding carboxylic acids is 3. The van der Waals surface area contributed by atoms with Gasteiger partial charge in [0.05, 0.1) is 17.5 Å². The summed E-state index contributed by atoms with van der Waals surface area (Å²) in [4.78, 5) is 38.2. The van der Waals surface area contributed by atoms with Crippen molar-refractivity contribution in [1.29, 1.82) is 0 Å². The van der Waals surface area contributed by atoms with Crippen LogP contribution in [0.1, 0.15) is 46.9 Å².